The summed E-state index contributed by atoms with van der Waals surface area (Å²) < 4.78 is 13.2. The molecule has 28 heavy (non-hydrogen) atoms. The first kappa shape index (κ1) is 22.1. The summed E-state index contributed by atoms with van der Waals surface area (Å²) >= 11 is 0. The Balaban J connectivity index is 2.14. The predicted octanol–water partition coefficient (Wildman–Crippen LogP) is 6.00. The van der Waals surface area contributed by atoms with Crippen LogP contribution in [0.5, 0.6) is 0 Å². The van der Waals surface area contributed by atoms with Crippen LogP contribution in [0.3, 0.4) is 0 Å². The lowest BCUT2D eigenvalue weighted by Crippen LogP contribution is -2.34. The molecule has 0 unspecified atom stereocenters. The molecule has 0 fully saturated rings. The summed E-state index contributed by atoms with van der Waals surface area (Å²) in [5.41, 5.74) is 4.22. The zero-order valence-electron chi connectivity index (χ0n) is 17.8. The molecule has 1 atom stereocenters. The molecule has 0 aliphatic carbocycles. The predicted molar refractivity (Wildman–Crippen MR) is 115 cm³/mol. The number of nitrogens with one attached hydrogen (secondary N) is 2. The van der Waals surface area contributed by atoms with Gasteiger partial charge in [-0.05, 0) is 46.6 Å². The molecule has 0 saturated carbocycles. The van der Waals surface area contributed by atoms with E-state index in [-0.39, 0.29) is 30.2 Å². The van der Waals surface area contributed by atoms with Gasteiger partial charge in [0.15, 0.2) is 0 Å². The molecule has 152 valence electrons. The number of amides is 1. The zero-order valence-corrected chi connectivity index (χ0v) is 17.8. The first-order valence-electron chi connectivity index (χ1n) is 10.1. The summed E-state index contributed by atoms with van der Waals surface area (Å²) in [5, 5.41) is 6.47. The lowest BCUT2D eigenvalue weighted by molar-refractivity contribution is -0.115. The summed E-state index contributed by atoms with van der Waals surface area (Å²) in [6, 6.07) is 12.7. The lowest BCUT2D eigenvalue weighted by atomic mass is 9.92. The van der Waals surface area contributed by atoms with Crippen molar-refractivity contribution in [3.8, 4) is 0 Å². The van der Waals surface area contributed by atoms with Crippen LogP contribution in [0.15, 0.2) is 42.5 Å². The van der Waals surface area contributed by atoms with Crippen molar-refractivity contribution in [1.29, 1.82) is 0 Å². The van der Waals surface area contributed by atoms with Crippen molar-refractivity contribution in [2.45, 2.75) is 59.4 Å². The van der Waals surface area contributed by atoms with Crippen LogP contribution >= 0.6 is 0 Å². The van der Waals surface area contributed by atoms with Crippen LogP contribution in [0.25, 0.3) is 0 Å². The van der Waals surface area contributed by atoms with Gasteiger partial charge in [0, 0.05) is 11.7 Å². The second-order valence-electron chi connectivity index (χ2n) is 8.32. The minimum absolute atomic E-state index is 0.0174. The summed E-state index contributed by atoms with van der Waals surface area (Å²) in [6.07, 6.45) is 0. The Morgan fingerprint density at radius 3 is 1.89 bits per heavy atom. The average molecular weight is 385 g/mol. The van der Waals surface area contributed by atoms with Crippen LogP contribution < -0.4 is 10.6 Å². The van der Waals surface area contributed by atoms with E-state index in [1.165, 1.54) is 12.1 Å². The first-order chi connectivity index (χ1) is 13.2. The van der Waals surface area contributed by atoms with Crippen LogP contribution in [-0.4, -0.2) is 12.5 Å². The maximum absolute atomic E-state index is 13.2. The van der Waals surface area contributed by atoms with Crippen molar-refractivity contribution in [2.75, 3.05) is 11.9 Å². The molecule has 2 aromatic rings. The highest BCUT2D eigenvalue weighted by Crippen LogP contribution is 2.32. The van der Waals surface area contributed by atoms with Gasteiger partial charge in [-0.15, -0.1) is 0 Å². The zero-order chi connectivity index (χ0) is 20.8. The summed E-state index contributed by atoms with van der Waals surface area (Å²) in [4.78, 5) is 12.7. The van der Waals surface area contributed by atoms with Crippen molar-refractivity contribution in [2.24, 2.45) is 5.92 Å². The van der Waals surface area contributed by atoms with E-state index in [1.807, 2.05) is 0 Å². The Morgan fingerprint density at radius 2 is 1.43 bits per heavy atom. The number of rotatable bonds is 8. The molecule has 0 aliphatic heterocycles. The van der Waals surface area contributed by atoms with Gasteiger partial charge in [0.05, 0.1) is 6.54 Å². The topological polar surface area (TPSA) is 41.1 Å². The van der Waals surface area contributed by atoms with Crippen LogP contribution in [0.2, 0.25) is 0 Å². The maximum atomic E-state index is 13.2. The second kappa shape index (κ2) is 9.83. The quantitative estimate of drug-likeness (QED) is 0.586. The van der Waals surface area contributed by atoms with Gasteiger partial charge in [-0.3, -0.25) is 4.79 Å². The van der Waals surface area contributed by atoms with E-state index in [9.17, 15) is 9.18 Å². The highest BCUT2D eigenvalue weighted by molar-refractivity contribution is 5.94. The molecular weight excluding hydrogens is 351 g/mol. The molecule has 3 nitrogen and oxygen atoms in total. The molecular formula is C24H33FN2O. The van der Waals surface area contributed by atoms with Gasteiger partial charge < -0.3 is 10.6 Å². The van der Waals surface area contributed by atoms with Crippen LogP contribution in [0, 0.1) is 11.7 Å². The largest absolute Gasteiger partial charge is 0.324 e. The van der Waals surface area contributed by atoms with Gasteiger partial charge in [-0.25, -0.2) is 4.39 Å². The van der Waals surface area contributed by atoms with Gasteiger partial charge in [0.1, 0.15) is 5.82 Å². The minimum atomic E-state index is -0.254. The lowest BCUT2D eigenvalue weighted by Gasteiger charge is -2.24. The van der Waals surface area contributed by atoms with Gasteiger partial charge in [-0.2, -0.15) is 0 Å². The standard InChI is InChI=1S/C24H33FN2O/c1-15(2)20-8-7-9-21(16(3)4)24(20)27-22(28)14-26-23(17(5)6)18-10-12-19(25)13-11-18/h7-13,15-17,23,26H,14H2,1-6H3,(H,27,28)/t23-/m0/s1. The Morgan fingerprint density at radius 1 is 0.893 bits per heavy atom. The smallest absolute Gasteiger partial charge is 0.238 e. The molecule has 0 spiro atoms. The molecule has 2 aromatic carbocycles. The third kappa shape index (κ3) is 5.65. The van der Waals surface area contributed by atoms with E-state index in [4.69, 9.17) is 0 Å². The normalized spacial score (nSPS) is 12.6. The number of hydrogen-bond acceptors (Lipinski definition) is 2. The highest BCUT2D eigenvalue weighted by Gasteiger charge is 2.19. The van der Waals surface area contributed by atoms with Crippen LogP contribution in [-0.2, 0) is 4.79 Å². The highest BCUT2D eigenvalue weighted by atomic mass is 19.1. The first-order valence-corrected chi connectivity index (χ1v) is 10.1. The van der Waals surface area contributed by atoms with Crippen LogP contribution in [0.1, 0.15) is 76.1 Å². The molecule has 0 radical (unpaired) electrons. The molecule has 2 N–H and O–H groups in total. The van der Waals surface area contributed by atoms with Crippen LogP contribution in [0.4, 0.5) is 10.1 Å². The van der Waals surface area contributed by atoms with E-state index in [1.54, 1.807) is 12.1 Å². The van der Waals surface area contributed by atoms with Crippen molar-refractivity contribution in [3.05, 3.63) is 65.0 Å². The second-order valence-corrected chi connectivity index (χ2v) is 8.32. The van der Waals surface area contributed by atoms with Gasteiger partial charge >= 0.3 is 0 Å². The molecule has 0 heterocycles. The molecule has 0 bridgehead atoms. The molecule has 0 aliphatic rings. The Bertz CT molecular complexity index is 755. The summed E-state index contributed by atoms with van der Waals surface area (Å²) in [7, 11) is 0. The van der Waals surface area contributed by atoms with Gasteiger partial charge in [0.25, 0.3) is 0 Å². The number of para-hydroxylation sites is 1. The van der Waals surface area contributed by atoms with E-state index < -0.39 is 0 Å². The van der Waals surface area contributed by atoms with E-state index >= 15 is 0 Å². The summed E-state index contributed by atoms with van der Waals surface area (Å²) in [6.45, 7) is 12.9. The van der Waals surface area contributed by atoms with Gasteiger partial charge in [0.2, 0.25) is 5.91 Å². The third-order valence-corrected chi connectivity index (χ3v) is 5.02. The van der Waals surface area contributed by atoms with Crippen molar-refractivity contribution < 1.29 is 9.18 Å². The van der Waals surface area contributed by atoms with Crippen molar-refractivity contribution in [1.82, 2.24) is 5.32 Å². The van der Waals surface area contributed by atoms with E-state index in [0.29, 0.717) is 11.8 Å². The Hall–Kier alpha value is -2.20. The molecule has 4 heteroatoms. The number of anilines is 1. The molecule has 0 aromatic heterocycles. The fraction of sp³-hybridized carbons (Fsp3) is 0.458. The number of benzene rings is 2. The van der Waals surface area contributed by atoms with E-state index in [2.05, 4.69) is 70.4 Å². The average Bonchev–Trinajstić information content (AvgIpc) is 2.62. The van der Waals surface area contributed by atoms with Gasteiger partial charge in [-0.1, -0.05) is 71.9 Å². The summed E-state index contributed by atoms with van der Waals surface area (Å²) in [5.74, 6) is 0.597. The number of hydrogen-bond donors (Lipinski definition) is 2. The fourth-order valence-corrected chi connectivity index (χ4v) is 3.49. The fourth-order valence-electron chi connectivity index (χ4n) is 3.49. The monoisotopic (exact) mass is 384 g/mol. The Kier molecular flexibility index (Phi) is 7.76. The maximum Gasteiger partial charge on any atom is 0.238 e. The third-order valence-electron chi connectivity index (χ3n) is 5.02. The molecule has 0 saturated heterocycles. The Labute approximate surface area is 168 Å². The molecule has 2 rings (SSSR count). The van der Waals surface area contributed by atoms with E-state index in [0.717, 1.165) is 22.4 Å². The van der Waals surface area contributed by atoms with Crippen molar-refractivity contribution in [3.63, 3.8) is 0 Å². The number of carbonyl (C=O) groups excluding carboxylic acids is 1. The SMILES string of the molecule is CC(C)c1cccc(C(C)C)c1NC(=O)CN[C@H](c1ccc(F)cc1)C(C)C. The number of carbonyl (C=O) groups is 1. The molecule has 1 amide bonds. The number of halogens is 1. The van der Waals surface area contributed by atoms with Crippen molar-refractivity contribution >= 4 is 11.6 Å². The minimum Gasteiger partial charge on any atom is -0.324 e.